The number of amides is 1. The number of nitrogen functional groups attached to an aromatic ring is 1. The highest BCUT2D eigenvalue weighted by molar-refractivity contribution is 5.65. The molecule has 1 aromatic rings. The van der Waals surface area contributed by atoms with Crippen molar-refractivity contribution in [2.24, 2.45) is 5.41 Å². The van der Waals surface area contributed by atoms with Crippen LogP contribution in [0.1, 0.15) is 26.3 Å². The number of nitrogens with zero attached hydrogens (tertiary/aromatic N) is 2. The standard InChI is InChI=1S/C16H25N3O2/c1-16(2,3)14-11-18(7-8-19(14)15(20)21)10-12-5-4-6-13(17)9-12/h4-6,9,14H,7-8,10-11,17H2,1-3H3,(H,20,21). The van der Waals surface area contributed by atoms with Crippen LogP contribution in [0.4, 0.5) is 10.5 Å². The summed E-state index contributed by atoms with van der Waals surface area (Å²) < 4.78 is 0. The lowest BCUT2D eigenvalue weighted by Crippen LogP contribution is -2.59. The summed E-state index contributed by atoms with van der Waals surface area (Å²) in [7, 11) is 0. The molecule has 1 unspecified atom stereocenters. The van der Waals surface area contributed by atoms with Gasteiger partial charge in [0.05, 0.1) is 6.04 Å². The van der Waals surface area contributed by atoms with E-state index in [1.54, 1.807) is 4.90 Å². The maximum atomic E-state index is 11.4. The van der Waals surface area contributed by atoms with Gasteiger partial charge in [0.2, 0.25) is 0 Å². The lowest BCUT2D eigenvalue weighted by atomic mass is 9.84. The fraction of sp³-hybridized carbons (Fsp3) is 0.562. The third-order valence-electron chi connectivity index (χ3n) is 4.07. The first-order chi connectivity index (χ1) is 9.77. The number of rotatable bonds is 2. The Morgan fingerprint density at radius 1 is 1.38 bits per heavy atom. The van der Waals surface area contributed by atoms with Crippen LogP contribution in [0, 0.1) is 5.41 Å². The highest BCUT2D eigenvalue weighted by Crippen LogP contribution is 2.28. The van der Waals surface area contributed by atoms with E-state index in [-0.39, 0.29) is 11.5 Å². The van der Waals surface area contributed by atoms with Gasteiger partial charge in [-0.2, -0.15) is 0 Å². The summed E-state index contributed by atoms with van der Waals surface area (Å²) in [5.74, 6) is 0. The highest BCUT2D eigenvalue weighted by atomic mass is 16.4. The Labute approximate surface area is 126 Å². The second-order valence-corrected chi connectivity index (χ2v) is 6.84. The lowest BCUT2D eigenvalue weighted by molar-refractivity contribution is 0.0190. The van der Waals surface area contributed by atoms with Crippen molar-refractivity contribution in [3.8, 4) is 0 Å². The van der Waals surface area contributed by atoms with Gasteiger partial charge in [0.1, 0.15) is 0 Å². The molecule has 1 aliphatic heterocycles. The maximum Gasteiger partial charge on any atom is 0.407 e. The number of piperazine rings is 1. The SMILES string of the molecule is CC(C)(C)C1CN(Cc2cccc(N)c2)CCN1C(=O)O. The van der Waals surface area contributed by atoms with Gasteiger partial charge in [0, 0.05) is 31.9 Å². The number of hydrogen-bond donors (Lipinski definition) is 2. The average Bonchev–Trinajstić information content (AvgIpc) is 2.37. The summed E-state index contributed by atoms with van der Waals surface area (Å²) in [6, 6.07) is 7.88. The largest absolute Gasteiger partial charge is 0.465 e. The van der Waals surface area contributed by atoms with Gasteiger partial charge in [-0.15, -0.1) is 0 Å². The first kappa shape index (κ1) is 15.6. The molecular formula is C16H25N3O2. The van der Waals surface area contributed by atoms with Crippen LogP contribution in [0.15, 0.2) is 24.3 Å². The molecule has 3 N–H and O–H groups in total. The molecule has 0 aromatic heterocycles. The van der Waals surface area contributed by atoms with Crippen LogP contribution in [-0.2, 0) is 6.54 Å². The van der Waals surface area contributed by atoms with E-state index in [9.17, 15) is 9.90 Å². The number of benzene rings is 1. The van der Waals surface area contributed by atoms with E-state index in [0.717, 1.165) is 25.3 Å². The number of hydrogen-bond acceptors (Lipinski definition) is 3. The van der Waals surface area contributed by atoms with Crippen molar-refractivity contribution in [1.82, 2.24) is 9.80 Å². The van der Waals surface area contributed by atoms with Crippen molar-refractivity contribution in [2.45, 2.75) is 33.4 Å². The van der Waals surface area contributed by atoms with Crippen LogP contribution in [0.3, 0.4) is 0 Å². The van der Waals surface area contributed by atoms with Gasteiger partial charge in [-0.3, -0.25) is 4.90 Å². The Bertz CT molecular complexity index is 510. The van der Waals surface area contributed by atoms with Crippen LogP contribution in [-0.4, -0.2) is 46.7 Å². The molecule has 1 atom stereocenters. The number of anilines is 1. The van der Waals surface area contributed by atoms with Gasteiger partial charge in [0.25, 0.3) is 0 Å². The summed E-state index contributed by atoms with van der Waals surface area (Å²) in [5.41, 5.74) is 7.68. The van der Waals surface area contributed by atoms with E-state index < -0.39 is 6.09 Å². The second-order valence-electron chi connectivity index (χ2n) is 6.84. The van der Waals surface area contributed by atoms with Gasteiger partial charge in [-0.1, -0.05) is 32.9 Å². The van der Waals surface area contributed by atoms with E-state index in [1.807, 2.05) is 18.2 Å². The average molecular weight is 291 g/mol. The number of nitrogens with two attached hydrogens (primary N) is 1. The summed E-state index contributed by atoms with van der Waals surface area (Å²) >= 11 is 0. The molecule has 0 radical (unpaired) electrons. The van der Waals surface area contributed by atoms with Crippen LogP contribution >= 0.6 is 0 Å². The summed E-state index contributed by atoms with van der Waals surface area (Å²) in [6.07, 6.45) is -0.821. The molecule has 21 heavy (non-hydrogen) atoms. The first-order valence-corrected chi connectivity index (χ1v) is 7.33. The monoisotopic (exact) mass is 291 g/mol. The summed E-state index contributed by atoms with van der Waals surface area (Å²) in [4.78, 5) is 15.3. The molecule has 1 aliphatic rings. The molecule has 0 aliphatic carbocycles. The number of carboxylic acid groups (broad SMARTS) is 1. The smallest absolute Gasteiger partial charge is 0.407 e. The zero-order valence-electron chi connectivity index (χ0n) is 13.0. The molecule has 1 fully saturated rings. The van der Waals surface area contributed by atoms with Crippen LogP contribution in [0.2, 0.25) is 0 Å². The van der Waals surface area contributed by atoms with E-state index in [1.165, 1.54) is 5.56 Å². The van der Waals surface area contributed by atoms with Crippen molar-refractivity contribution >= 4 is 11.8 Å². The topological polar surface area (TPSA) is 69.8 Å². The second kappa shape index (κ2) is 5.93. The molecule has 1 heterocycles. The van der Waals surface area contributed by atoms with Gasteiger partial charge >= 0.3 is 6.09 Å². The lowest BCUT2D eigenvalue weighted by Gasteiger charge is -2.46. The van der Waals surface area contributed by atoms with Crippen LogP contribution in [0.5, 0.6) is 0 Å². The molecule has 1 amide bonds. The van der Waals surface area contributed by atoms with E-state index in [0.29, 0.717) is 6.54 Å². The highest BCUT2D eigenvalue weighted by Gasteiger charge is 2.37. The fourth-order valence-corrected chi connectivity index (χ4v) is 2.90. The Morgan fingerprint density at radius 2 is 2.10 bits per heavy atom. The minimum Gasteiger partial charge on any atom is -0.465 e. The van der Waals surface area contributed by atoms with Crippen molar-refractivity contribution in [1.29, 1.82) is 0 Å². The van der Waals surface area contributed by atoms with Gasteiger partial charge < -0.3 is 15.7 Å². The normalized spacial score (nSPS) is 20.5. The van der Waals surface area contributed by atoms with Crippen LogP contribution in [0.25, 0.3) is 0 Å². The zero-order valence-corrected chi connectivity index (χ0v) is 13.0. The summed E-state index contributed by atoms with van der Waals surface area (Å²) in [6.45, 7) is 9.16. The molecule has 1 aromatic carbocycles. The quantitative estimate of drug-likeness (QED) is 0.821. The minimum absolute atomic E-state index is 0.00445. The molecule has 5 heteroatoms. The van der Waals surface area contributed by atoms with Gasteiger partial charge in [-0.25, -0.2) is 4.79 Å². The third kappa shape index (κ3) is 3.88. The molecule has 0 bridgehead atoms. The van der Waals surface area contributed by atoms with Gasteiger partial charge in [0.15, 0.2) is 0 Å². The predicted octanol–water partition coefficient (Wildman–Crippen LogP) is 2.48. The Balaban J connectivity index is 2.09. The molecule has 5 nitrogen and oxygen atoms in total. The Kier molecular flexibility index (Phi) is 4.42. The molecule has 1 saturated heterocycles. The van der Waals surface area contributed by atoms with Gasteiger partial charge in [-0.05, 0) is 23.1 Å². The molecule has 2 rings (SSSR count). The zero-order chi connectivity index (χ0) is 15.6. The van der Waals surface area contributed by atoms with E-state index in [4.69, 9.17) is 5.73 Å². The molecule has 116 valence electrons. The fourth-order valence-electron chi connectivity index (χ4n) is 2.90. The van der Waals surface area contributed by atoms with E-state index in [2.05, 4.69) is 31.7 Å². The van der Waals surface area contributed by atoms with Crippen molar-refractivity contribution in [2.75, 3.05) is 25.4 Å². The Hall–Kier alpha value is -1.75. The van der Waals surface area contributed by atoms with Crippen molar-refractivity contribution in [3.05, 3.63) is 29.8 Å². The van der Waals surface area contributed by atoms with Crippen molar-refractivity contribution in [3.63, 3.8) is 0 Å². The third-order valence-corrected chi connectivity index (χ3v) is 4.07. The molecule has 0 spiro atoms. The van der Waals surface area contributed by atoms with E-state index >= 15 is 0 Å². The number of carbonyl (C=O) groups is 1. The summed E-state index contributed by atoms with van der Waals surface area (Å²) in [5, 5.41) is 9.38. The molecular weight excluding hydrogens is 266 g/mol. The molecule has 0 saturated carbocycles. The Morgan fingerprint density at radius 3 is 2.67 bits per heavy atom. The first-order valence-electron chi connectivity index (χ1n) is 7.33. The minimum atomic E-state index is -0.821. The maximum absolute atomic E-state index is 11.4. The predicted molar refractivity (Wildman–Crippen MR) is 84.1 cm³/mol. The van der Waals surface area contributed by atoms with Crippen LogP contribution < -0.4 is 5.73 Å². The van der Waals surface area contributed by atoms with Crippen molar-refractivity contribution < 1.29 is 9.90 Å².